The molecule has 2 N–H and O–H groups in total. The number of nitrogens with one attached hydrogen (secondary N) is 2. The maximum atomic E-state index is 12.6. The van der Waals surface area contributed by atoms with E-state index in [4.69, 9.17) is 0 Å². The molecule has 2 atom stereocenters. The number of imidazole rings is 1. The Kier molecular flexibility index (Phi) is 7.59. The highest BCUT2D eigenvalue weighted by molar-refractivity contribution is 5.84. The lowest BCUT2D eigenvalue weighted by Gasteiger charge is -2.33. The Morgan fingerprint density at radius 2 is 1.02 bits per heavy atom. The van der Waals surface area contributed by atoms with Crippen molar-refractivity contribution < 1.29 is 0 Å². The van der Waals surface area contributed by atoms with Gasteiger partial charge in [0, 0.05) is 19.8 Å². The molecule has 234 valence electrons. The monoisotopic (exact) mass is 624 g/mol. The van der Waals surface area contributed by atoms with Crippen molar-refractivity contribution in [1.29, 1.82) is 0 Å². The molecule has 6 aromatic carbocycles. The Hall–Kier alpha value is -5.91. The number of rotatable bonds is 6. The summed E-state index contributed by atoms with van der Waals surface area (Å²) in [5, 5.41) is 7.71. The molecule has 5 nitrogen and oxygen atoms in total. The number of benzene rings is 6. The highest BCUT2D eigenvalue weighted by Gasteiger charge is 2.25. The summed E-state index contributed by atoms with van der Waals surface area (Å²) in [5.74, 6) is 0. The second-order valence-electron chi connectivity index (χ2n) is 12.5. The lowest BCUT2D eigenvalue weighted by atomic mass is 9.91. The predicted octanol–water partition coefficient (Wildman–Crippen LogP) is 8.85. The molecule has 1 aliphatic heterocycles. The number of aryl methyl sites for hydroxylation is 2. The predicted molar refractivity (Wildman–Crippen MR) is 197 cm³/mol. The normalized spacial score (nSPS) is 16.0. The number of hydrogen-bond donors (Lipinski definition) is 2. The summed E-state index contributed by atoms with van der Waals surface area (Å²) in [4.78, 5) is 12.6. The average molecular weight is 625 g/mol. The van der Waals surface area contributed by atoms with E-state index < -0.39 is 0 Å². The molecule has 0 amide bonds. The van der Waals surface area contributed by atoms with Crippen molar-refractivity contribution in [2.75, 3.05) is 0 Å². The molecule has 7 aromatic rings. The van der Waals surface area contributed by atoms with Crippen molar-refractivity contribution in [1.82, 2.24) is 19.8 Å². The van der Waals surface area contributed by atoms with Gasteiger partial charge in [0.05, 0.1) is 17.1 Å². The largest absolute Gasteiger partial charge is 0.366 e. The molecule has 0 radical (unpaired) electrons. The van der Waals surface area contributed by atoms with Crippen molar-refractivity contribution in [2.45, 2.75) is 12.2 Å². The fourth-order valence-electron chi connectivity index (χ4n) is 6.82. The van der Waals surface area contributed by atoms with Gasteiger partial charge in [0.1, 0.15) is 6.17 Å². The lowest BCUT2D eigenvalue weighted by molar-refractivity contribution is 0.443. The summed E-state index contributed by atoms with van der Waals surface area (Å²) in [6.07, 6.45) is 2.21. The summed E-state index contributed by atoms with van der Waals surface area (Å²) in [6.45, 7) is 0. The van der Waals surface area contributed by atoms with Gasteiger partial charge in [0.2, 0.25) is 0 Å². The SMILES string of the molecule is Cn1c(=O)n(C)c2cc(-c3cccc(C4=CC(c5cc(-c6ccccc6)cc(-c6ccccc6)c5)NC(c5ccccc5)N4)c3)ccc21. The van der Waals surface area contributed by atoms with Gasteiger partial charge in [-0.25, -0.2) is 4.79 Å². The number of nitrogens with zero attached hydrogens (tertiary/aromatic N) is 2. The first-order chi connectivity index (χ1) is 23.5. The van der Waals surface area contributed by atoms with Gasteiger partial charge in [-0.2, -0.15) is 0 Å². The van der Waals surface area contributed by atoms with Crippen LogP contribution >= 0.6 is 0 Å². The van der Waals surface area contributed by atoms with Gasteiger partial charge in [0.15, 0.2) is 0 Å². The summed E-state index contributed by atoms with van der Waals surface area (Å²) < 4.78 is 3.40. The second kappa shape index (κ2) is 12.4. The second-order valence-corrected chi connectivity index (χ2v) is 12.5. The van der Waals surface area contributed by atoms with Crippen LogP contribution in [0.2, 0.25) is 0 Å². The molecule has 0 fully saturated rings. The molecule has 0 saturated heterocycles. The third-order valence-corrected chi connectivity index (χ3v) is 9.42. The Morgan fingerprint density at radius 3 is 1.69 bits per heavy atom. The minimum atomic E-state index is -0.101. The van der Waals surface area contributed by atoms with Crippen LogP contribution in [0.4, 0.5) is 0 Å². The van der Waals surface area contributed by atoms with Crippen molar-refractivity contribution in [3.8, 4) is 33.4 Å². The standard InChI is InChI=1S/C43H36N4O/c1-46-40-22-21-33(27-41(40)47(2)43(46)48)32-19-12-20-34(23-32)38-28-39(45-42(44-38)31-17-10-5-11-18-31)37-25-35(29-13-6-3-7-14-29)24-36(26-37)30-15-8-4-9-16-30/h3-28,39,42,44-45H,1-2H3. The number of hydrogen-bond acceptors (Lipinski definition) is 3. The first-order valence-electron chi connectivity index (χ1n) is 16.3. The van der Waals surface area contributed by atoms with Gasteiger partial charge in [-0.15, -0.1) is 0 Å². The van der Waals surface area contributed by atoms with E-state index in [2.05, 4.69) is 162 Å². The molecule has 48 heavy (non-hydrogen) atoms. The zero-order chi connectivity index (χ0) is 32.6. The molecule has 8 rings (SSSR count). The van der Waals surface area contributed by atoms with E-state index in [-0.39, 0.29) is 17.9 Å². The fraction of sp³-hybridized carbons (Fsp3) is 0.0930. The first-order valence-corrected chi connectivity index (χ1v) is 16.3. The van der Waals surface area contributed by atoms with E-state index in [1.54, 1.807) is 9.13 Å². The summed E-state index contributed by atoms with van der Waals surface area (Å²) in [5.41, 5.74) is 13.3. The zero-order valence-electron chi connectivity index (χ0n) is 27.0. The van der Waals surface area contributed by atoms with E-state index in [1.807, 2.05) is 20.2 Å². The fourth-order valence-corrected chi connectivity index (χ4v) is 6.82. The van der Waals surface area contributed by atoms with Crippen LogP contribution in [0.15, 0.2) is 163 Å². The zero-order valence-corrected chi connectivity index (χ0v) is 27.0. The van der Waals surface area contributed by atoms with Crippen LogP contribution in [0.25, 0.3) is 50.1 Å². The lowest BCUT2D eigenvalue weighted by Crippen LogP contribution is -2.39. The average Bonchev–Trinajstić information content (AvgIpc) is 3.38. The molecule has 1 aromatic heterocycles. The summed E-state index contributed by atoms with van der Waals surface area (Å²) in [7, 11) is 3.65. The minimum Gasteiger partial charge on any atom is -0.366 e. The molecular weight excluding hydrogens is 589 g/mol. The van der Waals surface area contributed by atoms with E-state index in [9.17, 15) is 4.79 Å². The van der Waals surface area contributed by atoms with Gasteiger partial charge >= 0.3 is 5.69 Å². The highest BCUT2D eigenvalue weighted by Crippen LogP contribution is 2.36. The van der Waals surface area contributed by atoms with E-state index in [1.165, 1.54) is 33.4 Å². The van der Waals surface area contributed by atoms with Gasteiger partial charge in [-0.3, -0.25) is 14.5 Å². The van der Waals surface area contributed by atoms with Crippen LogP contribution in [0.5, 0.6) is 0 Å². The first kappa shape index (κ1) is 29.5. The molecule has 2 heterocycles. The molecular formula is C43H36N4O. The Bertz CT molecular complexity index is 2280. The molecule has 2 unspecified atom stereocenters. The Morgan fingerprint density at radius 1 is 0.479 bits per heavy atom. The number of aromatic nitrogens is 2. The van der Waals surface area contributed by atoms with Gasteiger partial charge in [-0.1, -0.05) is 115 Å². The van der Waals surface area contributed by atoms with Crippen molar-refractivity contribution >= 4 is 16.7 Å². The van der Waals surface area contributed by atoms with E-state index >= 15 is 0 Å². The Balaban J connectivity index is 1.24. The number of fused-ring (bicyclic) bond motifs is 1. The van der Waals surface area contributed by atoms with Crippen LogP contribution < -0.4 is 16.3 Å². The topological polar surface area (TPSA) is 51.0 Å². The van der Waals surface area contributed by atoms with Crippen molar-refractivity contribution in [3.63, 3.8) is 0 Å². The van der Waals surface area contributed by atoms with Crippen LogP contribution in [0.3, 0.4) is 0 Å². The molecule has 0 bridgehead atoms. The highest BCUT2D eigenvalue weighted by atomic mass is 16.1. The molecule has 1 aliphatic rings. The van der Waals surface area contributed by atoms with Gasteiger partial charge in [-0.05, 0) is 92.5 Å². The quantitative estimate of drug-likeness (QED) is 0.194. The van der Waals surface area contributed by atoms with Crippen LogP contribution in [-0.2, 0) is 14.1 Å². The van der Waals surface area contributed by atoms with Gasteiger partial charge in [0.25, 0.3) is 0 Å². The third kappa shape index (κ3) is 5.55. The third-order valence-electron chi connectivity index (χ3n) is 9.42. The van der Waals surface area contributed by atoms with Crippen LogP contribution in [-0.4, -0.2) is 9.13 Å². The van der Waals surface area contributed by atoms with E-state index in [0.29, 0.717) is 0 Å². The maximum absolute atomic E-state index is 12.6. The van der Waals surface area contributed by atoms with Crippen LogP contribution in [0.1, 0.15) is 28.9 Å². The van der Waals surface area contributed by atoms with Crippen LogP contribution in [0, 0.1) is 0 Å². The summed E-state index contributed by atoms with van der Waals surface area (Å²) in [6, 6.07) is 53.5. The minimum absolute atomic E-state index is 0.0234. The van der Waals surface area contributed by atoms with Gasteiger partial charge < -0.3 is 5.32 Å². The molecule has 0 spiro atoms. The summed E-state index contributed by atoms with van der Waals surface area (Å²) >= 11 is 0. The van der Waals surface area contributed by atoms with Crippen molar-refractivity contribution in [2.24, 2.45) is 14.1 Å². The molecule has 0 aliphatic carbocycles. The van der Waals surface area contributed by atoms with Crippen molar-refractivity contribution in [3.05, 3.63) is 185 Å². The molecule has 5 heteroatoms. The Labute approximate surface area is 280 Å². The molecule has 0 saturated carbocycles. The maximum Gasteiger partial charge on any atom is 0.328 e. The van der Waals surface area contributed by atoms with E-state index in [0.717, 1.165) is 33.4 Å². The smallest absolute Gasteiger partial charge is 0.328 e.